The highest BCUT2D eigenvalue weighted by Gasteiger charge is 2.48. The van der Waals surface area contributed by atoms with E-state index in [0.29, 0.717) is 23.3 Å². The van der Waals surface area contributed by atoms with Crippen molar-refractivity contribution in [3.05, 3.63) is 24.6 Å². The molecule has 0 aromatic carbocycles. The van der Waals surface area contributed by atoms with Crippen molar-refractivity contribution in [1.82, 2.24) is 29.4 Å². The minimum atomic E-state index is 0.468. The molecule has 0 radical (unpaired) electrons. The largest absolute Gasteiger partial charge is 0.461 e. The van der Waals surface area contributed by atoms with Crippen LogP contribution in [0.25, 0.3) is 28.3 Å². The summed E-state index contributed by atoms with van der Waals surface area (Å²) in [4.78, 5) is 9.62. The average molecular weight is 389 g/mol. The zero-order valence-corrected chi connectivity index (χ0v) is 16.3. The van der Waals surface area contributed by atoms with E-state index in [1.165, 1.54) is 32.1 Å². The summed E-state index contributed by atoms with van der Waals surface area (Å²) in [6, 6.07) is 4.20. The van der Waals surface area contributed by atoms with Crippen LogP contribution >= 0.6 is 0 Å². The molecule has 0 unspecified atom stereocenters. The second-order valence-corrected chi connectivity index (χ2v) is 9.22. The SMILES string of the molecule is Cn1cc2c(nc(NC3C4CC5CC(C4)CC3C5)n3nc(-c4ccco4)nc23)n1. The van der Waals surface area contributed by atoms with Gasteiger partial charge in [0.25, 0.3) is 0 Å². The maximum Gasteiger partial charge on any atom is 0.228 e. The summed E-state index contributed by atoms with van der Waals surface area (Å²) in [6.45, 7) is 0. The zero-order chi connectivity index (χ0) is 19.1. The first kappa shape index (κ1) is 16.0. The number of aryl methyl sites for hydroxylation is 1. The van der Waals surface area contributed by atoms with Crippen LogP contribution in [0.4, 0.5) is 5.95 Å². The summed E-state index contributed by atoms with van der Waals surface area (Å²) >= 11 is 0. The molecule has 1 N–H and O–H groups in total. The fraction of sp³-hybridized carbons (Fsp3) is 0.524. The lowest BCUT2D eigenvalue weighted by Gasteiger charge is -2.54. The first-order valence-electron chi connectivity index (χ1n) is 10.6. The van der Waals surface area contributed by atoms with E-state index in [1.807, 2.05) is 29.9 Å². The van der Waals surface area contributed by atoms with Crippen molar-refractivity contribution in [3.8, 4) is 11.6 Å². The summed E-state index contributed by atoms with van der Waals surface area (Å²) in [7, 11) is 1.91. The summed E-state index contributed by atoms with van der Waals surface area (Å²) in [6.07, 6.45) is 10.5. The molecule has 0 aliphatic heterocycles. The summed E-state index contributed by atoms with van der Waals surface area (Å²) in [5.74, 6) is 5.35. The van der Waals surface area contributed by atoms with Crippen LogP contribution in [0.5, 0.6) is 0 Å². The summed E-state index contributed by atoms with van der Waals surface area (Å²) in [5, 5.41) is 14.0. The van der Waals surface area contributed by atoms with Crippen LogP contribution in [0, 0.1) is 23.7 Å². The number of anilines is 1. The fourth-order valence-corrected chi connectivity index (χ4v) is 6.41. The Kier molecular flexibility index (Phi) is 3.07. The minimum absolute atomic E-state index is 0.468. The van der Waals surface area contributed by atoms with Crippen molar-refractivity contribution in [2.45, 2.75) is 38.1 Å². The lowest BCUT2D eigenvalue weighted by molar-refractivity contribution is 0.00723. The number of hydrogen-bond acceptors (Lipinski definition) is 6. The Labute approximate surface area is 167 Å². The molecule has 4 aliphatic carbocycles. The van der Waals surface area contributed by atoms with Gasteiger partial charge in [-0.1, -0.05) is 0 Å². The fourth-order valence-electron chi connectivity index (χ4n) is 6.41. The Bertz CT molecular complexity index is 1190. The number of hydrogen-bond donors (Lipinski definition) is 1. The van der Waals surface area contributed by atoms with Gasteiger partial charge in [0.15, 0.2) is 17.1 Å². The highest BCUT2D eigenvalue weighted by molar-refractivity contribution is 5.90. The molecule has 0 atom stereocenters. The van der Waals surface area contributed by atoms with Crippen LogP contribution in [0.1, 0.15) is 32.1 Å². The molecule has 0 spiro atoms. The van der Waals surface area contributed by atoms with E-state index in [9.17, 15) is 0 Å². The minimum Gasteiger partial charge on any atom is -0.461 e. The average Bonchev–Trinajstić information content (AvgIpc) is 3.42. The van der Waals surface area contributed by atoms with E-state index in [1.54, 1.807) is 10.9 Å². The third kappa shape index (κ3) is 2.31. The molecule has 8 rings (SSSR count). The van der Waals surface area contributed by atoms with Crippen LogP contribution in [0.15, 0.2) is 29.0 Å². The number of nitrogens with one attached hydrogen (secondary N) is 1. The maximum absolute atomic E-state index is 5.53. The maximum atomic E-state index is 5.53. The van der Waals surface area contributed by atoms with Crippen LogP contribution in [0.2, 0.25) is 0 Å². The highest BCUT2D eigenvalue weighted by atomic mass is 16.3. The third-order valence-corrected chi connectivity index (χ3v) is 7.33. The van der Waals surface area contributed by atoms with Crippen LogP contribution in [0.3, 0.4) is 0 Å². The Balaban J connectivity index is 1.36. The van der Waals surface area contributed by atoms with Crippen molar-refractivity contribution in [2.24, 2.45) is 30.7 Å². The lowest BCUT2D eigenvalue weighted by atomic mass is 9.54. The van der Waals surface area contributed by atoms with Gasteiger partial charge in [0.1, 0.15) is 0 Å². The first-order valence-corrected chi connectivity index (χ1v) is 10.6. The molecular weight excluding hydrogens is 366 g/mol. The van der Waals surface area contributed by atoms with Gasteiger partial charge in [-0.15, -0.1) is 5.10 Å². The molecule has 8 heteroatoms. The predicted octanol–water partition coefficient (Wildman–Crippen LogP) is 3.51. The molecule has 4 heterocycles. The molecule has 8 nitrogen and oxygen atoms in total. The van der Waals surface area contributed by atoms with Gasteiger partial charge in [-0.25, -0.2) is 4.98 Å². The molecule has 4 bridgehead atoms. The van der Waals surface area contributed by atoms with Crippen molar-refractivity contribution < 1.29 is 4.42 Å². The smallest absolute Gasteiger partial charge is 0.228 e. The molecule has 4 aliphatic rings. The molecule has 4 aromatic rings. The Morgan fingerprint density at radius 3 is 2.55 bits per heavy atom. The normalized spacial score (nSPS) is 30.6. The number of rotatable bonds is 3. The Morgan fingerprint density at radius 1 is 1.03 bits per heavy atom. The van der Waals surface area contributed by atoms with Gasteiger partial charge in [0, 0.05) is 19.3 Å². The van der Waals surface area contributed by atoms with E-state index < -0.39 is 0 Å². The van der Waals surface area contributed by atoms with Gasteiger partial charge >= 0.3 is 0 Å². The van der Waals surface area contributed by atoms with Crippen molar-refractivity contribution in [3.63, 3.8) is 0 Å². The summed E-state index contributed by atoms with van der Waals surface area (Å²) in [5.41, 5.74) is 1.46. The van der Waals surface area contributed by atoms with Gasteiger partial charge in [0.05, 0.1) is 11.6 Å². The van der Waals surface area contributed by atoms with E-state index in [2.05, 4.69) is 10.4 Å². The van der Waals surface area contributed by atoms with Crippen molar-refractivity contribution in [1.29, 1.82) is 0 Å². The Hall–Kier alpha value is -2.90. The van der Waals surface area contributed by atoms with Crippen LogP contribution in [-0.4, -0.2) is 35.4 Å². The zero-order valence-electron chi connectivity index (χ0n) is 16.3. The molecule has 0 amide bonds. The molecule has 4 saturated carbocycles. The highest BCUT2D eigenvalue weighted by Crippen LogP contribution is 2.54. The lowest BCUT2D eigenvalue weighted by Crippen LogP contribution is -2.51. The van der Waals surface area contributed by atoms with E-state index in [-0.39, 0.29) is 0 Å². The van der Waals surface area contributed by atoms with E-state index in [4.69, 9.17) is 19.5 Å². The Morgan fingerprint density at radius 2 is 1.83 bits per heavy atom. The van der Waals surface area contributed by atoms with Crippen molar-refractivity contribution >= 4 is 22.6 Å². The standard InChI is InChI=1S/C21H23N7O/c1-27-10-15-18(25-27)24-21(28-20(15)23-19(26-28)16-3-2-4-29-16)22-17-13-6-11-5-12(8-13)9-14(17)7-11/h2-4,10-14,17H,5-9H2,1H3,(H,22,24,25). The van der Waals surface area contributed by atoms with Gasteiger partial charge in [-0.05, 0) is 67.9 Å². The van der Waals surface area contributed by atoms with Crippen LogP contribution in [-0.2, 0) is 7.05 Å². The summed E-state index contributed by atoms with van der Waals surface area (Å²) < 4.78 is 9.16. The molecule has 29 heavy (non-hydrogen) atoms. The van der Waals surface area contributed by atoms with E-state index in [0.717, 1.165) is 40.7 Å². The van der Waals surface area contributed by atoms with Crippen molar-refractivity contribution in [2.75, 3.05) is 5.32 Å². The monoisotopic (exact) mass is 389 g/mol. The number of furan rings is 1. The topological polar surface area (TPSA) is 86.1 Å². The molecule has 4 fully saturated rings. The van der Waals surface area contributed by atoms with Gasteiger partial charge < -0.3 is 9.73 Å². The molecular formula is C21H23N7O. The van der Waals surface area contributed by atoms with Crippen LogP contribution < -0.4 is 5.32 Å². The predicted molar refractivity (Wildman–Crippen MR) is 107 cm³/mol. The number of aromatic nitrogens is 6. The number of fused-ring (bicyclic) bond motifs is 3. The van der Waals surface area contributed by atoms with Gasteiger partial charge in [0.2, 0.25) is 11.8 Å². The third-order valence-electron chi connectivity index (χ3n) is 7.33. The second-order valence-electron chi connectivity index (χ2n) is 9.22. The van der Waals surface area contributed by atoms with Gasteiger partial charge in [-0.2, -0.15) is 14.6 Å². The number of nitrogens with zero attached hydrogens (tertiary/aromatic N) is 6. The molecule has 0 saturated heterocycles. The quantitative estimate of drug-likeness (QED) is 0.577. The second kappa shape index (κ2) is 5.58. The van der Waals surface area contributed by atoms with Gasteiger partial charge in [-0.3, -0.25) is 4.68 Å². The van der Waals surface area contributed by atoms with E-state index >= 15 is 0 Å². The first-order chi connectivity index (χ1) is 14.2. The molecule has 4 aromatic heterocycles. The molecule has 148 valence electrons.